The summed E-state index contributed by atoms with van der Waals surface area (Å²) in [5, 5.41) is 0. The third kappa shape index (κ3) is 2.95. The van der Waals surface area contributed by atoms with Gasteiger partial charge in [-0.15, -0.1) is 0 Å². The maximum atomic E-state index is 14.0. The standard InChI is InChI=1S/C10H8Br2FIO2/c1-10(12,14)7-5(9(15)16-2)3-4-6(11)8(7)13/h3-4H,1-2H3. The average molecular weight is 466 g/mol. The maximum Gasteiger partial charge on any atom is 0.338 e. The van der Waals surface area contributed by atoms with E-state index in [1.54, 1.807) is 6.92 Å². The lowest BCUT2D eigenvalue weighted by Gasteiger charge is -2.19. The molecule has 16 heavy (non-hydrogen) atoms. The molecule has 0 fully saturated rings. The summed E-state index contributed by atoms with van der Waals surface area (Å²) in [6, 6.07) is 3.02. The Kier molecular flexibility index (Phi) is 4.76. The summed E-state index contributed by atoms with van der Waals surface area (Å²) in [4.78, 5) is 11.5. The van der Waals surface area contributed by atoms with Gasteiger partial charge >= 0.3 is 5.97 Å². The monoisotopic (exact) mass is 464 g/mol. The van der Waals surface area contributed by atoms with Gasteiger partial charge in [-0.2, -0.15) is 0 Å². The van der Waals surface area contributed by atoms with Crippen LogP contribution in [0.4, 0.5) is 4.39 Å². The van der Waals surface area contributed by atoms with Crippen molar-refractivity contribution in [3.05, 3.63) is 33.5 Å². The van der Waals surface area contributed by atoms with Gasteiger partial charge in [0.1, 0.15) is 8.15 Å². The lowest BCUT2D eigenvalue weighted by atomic mass is 10.0. The molecule has 1 unspecified atom stereocenters. The first-order chi connectivity index (χ1) is 7.29. The SMILES string of the molecule is COC(=O)c1ccc(Br)c(F)c1C(C)(Br)I. The average Bonchev–Trinajstić information content (AvgIpc) is 2.18. The summed E-state index contributed by atoms with van der Waals surface area (Å²) in [7, 11) is 1.27. The number of hydrogen-bond acceptors (Lipinski definition) is 2. The van der Waals surface area contributed by atoms with E-state index in [1.807, 2.05) is 22.6 Å². The van der Waals surface area contributed by atoms with Gasteiger partial charge in [0.2, 0.25) is 0 Å². The molecule has 0 saturated carbocycles. The van der Waals surface area contributed by atoms with Crippen molar-refractivity contribution in [3.63, 3.8) is 0 Å². The fourth-order valence-corrected chi connectivity index (χ4v) is 2.51. The molecule has 0 aromatic heterocycles. The maximum absolute atomic E-state index is 14.0. The number of carbonyl (C=O) groups excluding carboxylic acids is 1. The van der Waals surface area contributed by atoms with Crippen molar-refractivity contribution in [2.45, 2.75) is 9.25 Å². The van der Waals surface area contributed by atoms with Crippen LogP contribution < -0.4 is 0 Å². The summed E-state index contributed by atoms with van der Waals surface area (Å²) in [5.41, 5.74) is 0.492. The van der Waals surface area contributed by atoms with Gasteiger partial charge in [0.05, 0.1) is 17.1 Å². The first-order valence-corrected chi connectivity index (χ1v) is 6.90. The van der Waals surface area contributed by atoms with E-state index in [1.165, 1.54) is 19.2 Å². The van der Waals surface area contributed by atoms with Crippen LogP contribution in [0, 0.1) is 5.82 Å². The third-order valence-corrected chi connectivity index (χ3v) is 3.49. The van der Waals surface area contributed by atoms with Gasteiger partial charge in [-0.25, -0.2) is 9.18 Å². The van der Waals surface area contributed by atoms with Crippen LogP contribution in [0.25, 0.3) is 0 Å². The van der Waals surface area contributed by atoms with E-state index >= 15 is 0 Å². The lowest BCUT2D eigenvalue weighted by Crippen LogP contribution is -2.15. The molecule has 0 saturated heterocycles. The van der Waals surface area contributed by atoms with Crippen LogP contribution in [0.1, 0.15) is 22.8 Å². The number of rotatable bonds is 2. The van der Waals surface area contributed by atoms with Crippen molar-refractivity contribution in [1.82, 2.24) is 0 Å². The van der Waals surface area contributed by atoms with E-state index in [0.717, 1.165) is 0 Å². The Morgan fingerprint density at radius 3 is 2.56 bits per heavy atom. The van der Waals surface area contributed by atoms with Gasteiger partial charge < -0.3 is 4.74 Å². The number of carbonyl (C=O) groups is 1. The molecule has 0 heterocycles. The molecule has 0 aliphatic rings. The molecule has 88 valence electrons. The summed E-state index contributed by atoms with van der Waals surface area (Å²) in [6.45, 7) is 1.75. The third-order valence-electron chi connectivity index (χ3n) is 1.94. The first-order valence-electron chi connectivity index (χ1n) is 4.23. The van der Waals surface area contributed by atoms with Crippen LogP contribution >= 0.6 is 54.5 Å². The van der Waals surface area contributed by atoms with Crippen LogP contribution in [0.5, 0.6) is 0 Å². The minimum Gasteiger partial charge on any atom is -0.465 e. The zero-order valence-electron chi connectivity index (χ0n) is 8.48. The topological polar surface area (TPSA) is 26.3 Å². The molecule has 1 rings (SSSR count). The Morgan fingerprint density at radius 2 is 2.12 bits per heavy atom. The van der Waals surface area contributed by atoms with Crippen LogP contribution in [0.15, 0.2) is 16.6 Å². The van der Waals surface area contributed by atoms with E-state index in [0.29, 0.717) is 4.47 Å². The highest BCUT2D eigenvalue weighted by Crippen LogP contribution is 2.43. The number of benzene rings is 1. The number of hydrogen-bond donors (Lipinski definition) is 0. The Labute approximate surface area is 123 Å². The van der Waals surface area contributed by atoms with Gasteiger partial charge in [0.15, 0.2) is 0 Å². The van der Waals surface area contributed by atoms with Crippen molar-refractivity contribution in [2.75, 3.05) is 7.11 Å². The van der Waals surface area contributed by atoms with E-state index in [9.17, 15) is 9.18 Å². The van der Waals surface area contributed by atoms with Crippen molar-refractivity contribution in [1.29, 1.82) is 0 Å². The normalized spacial score (nSPS) is 14.4. The fraction of sp³-hybridized carbons (Fsp3) is 0.300. The minimum atomic E-state index is -0.678. The second-order valence-electron chi connectivity index (χ2n) is 3.16. The van der Waals surface area contributed by atoms with E-state index in [2.05, 4.69) is 36.6 Å². The highest BCUT2D eigenvalue weighted by atomic mass is 127. The Balaban J connectivity index is 3.52. The number of ether oxygens (including phenoxy) is 1. The Morgan fingerprint density at radius 1 is 1.56 bits per heavy atom. The molecular formula is C10H8Br2FIO2. The van der Waals surface area contributed by atoms with E-state index in [-0.39, 0.29) is 11.1 Å². The lowest BCUT2D eigenvalue weighted by molar-refractivity contribution is 0.0598. The molecule has 0 spiro atoms. The second kappa shape index (κ2) is 5.30. The predicted molar refractivity (Wildman–Crippen MR) is 75.7 cm³/mol. The fourth-order valence-electron chi connectivity index (χ4n) is 1.26. The number of esters is 1. The van der Waals surface area contributed by atoms with Crippen LogP contribution in [-0.2, 0) is 7.07 Å². The molecule has 1 aromatic carbocycles. The van der Waals surface area contributed by atoms with Crippen LogP contribution in [-0.4, -0.2) is 13.1 Å². The Bertz CT molecular complexity index is 430. The summed E-state index contributed by atoms with van der Waals surface area (Å²) in [5.74, 6) is -1.01. The molecule has 1 aromatic rings. The number of methoxy groups -OCH3 is 1. The predicted octanol–water partition coefficient (Wildman–Crippen LogP) is 4.38. The van der Waals surface area contributed by atoms with Crippen LogP contribution in [0.2, 0.25) is 0 Å². The highest BCUT2D eigenvalue weighted by Gasteiger charge is 2.30. The van der Waals surface area contributed by atoms with E-state index < -0.39 is 14.1 Å². The second-order valence-corrected chi connectivity index (χ2v) is 9.24. The Hall–Kier alpha value is 0.310. The quantitative estimate of drug-likeness (QED) is 0.368. The molecule has 0 aliphatic heterocycles. The van der Waals surface area contributed by atoms with Gasteiger partial charge in [0, 0.05) is 5.56 Å². The van der Waals surface area contributed by atoms with Crippen molar-refractivity contribution < 1.29 is 13.9 Å². The molecule has 6 heteroatoms. The van der Waals surface area contributed by atoms with E-state index in [4.69, 9.17) is 0 Å². The van der Waals surface area contributed by atoms with Crippen molar-refractivity contribution >= 4 is 60.4 Å². The largest absolute Gasteiger partial charge is 0.465 e. The smallest absolute Gasteiger partial charge is 0.338 e. The highest BCUT2D eigenvalue weighted by molar-refractivity contribution is 14.1. The number of halogens is 4. The summed E-state index contributed by atoms with van der Waals surface area (Å²) >= 11 is 8.44. The molecular weight excluding hydrogens is 458 g/mol. The van der Waals surface area contributed by atoms with Crippen molar-refractivity contribution in [3.8, 4) is 0 Å². The first kappa shape index (κ1) is 14.4. The van der Waals surface area contributed by atoms with Gasteiger partial charge in [-0.3, -0.25) is 0 Å². The van der Waals surface area contributed by atoms with Crippen molar-refractivity contribution in [2.24, 2.45) is 0 Å². The number of alkyl halides is 2. The summed E-state index contributed by atoms with van der Waals surface area (Å²) in [6.07, 6.45) is 0. The van der Waals surface area contributed by atoms with Gasteiger partial charge in [-0.1, -0.05) is 38.5 Å². The molecule has 0 radical (unpaired) electrons. The molecule has 0 bridgehead atoms. The molecule has 0 amide bonds. The zero-order chi connectivity index (χ0) is 12.5. The zero-order valence-corrected chi connectivity index (χ0v) is 13.8. The molecule has 1 atom stereocenters. The van der Waals surface area contributed by atoms with Gasteiger partial charge in [0.25, 0.3) is 0 Å². The van der Waals surface area contributed by atoms with Gasteiger partial charge in [-0.05, 0) is 35.0 Å². The molecule has 0 aliphatic carbocycles. The minimum absolute atomic E-state index is 0.219. The van der Waals surface area contributed by atoms with Crippen LogP contribution in [0.3, 0.4) is 0 Å². The molecule has 0 N–H and O–H groups in total. The summed E-state index contributed by atoms with van der Waals surface area (Å²) < 4.78 is 18.2. The molecule has 2 nitrogen and oxygen atoms in total.